The molecule has 1 amide bonds. The Labute approximate surface area is 138 Å². The number of amides is 1. The van der Waals surface area contributed by atoms with E-state index in [0.717, 1.165) is 11.0 Å². The number of aliphatic hydroxyl groups is 1. The molecule has 0 aliphatic carbocycles. The summed E-state index contributed by atoms with van der Waals surface area (Å²) in [4.78, 5) is 19.7. The van der Waals surface area contributed by atoms with Crippen LogP contribution in [0.1, 0.15) is 30.5 Å². The van der Waals surface area contributed by atoms with Gasteiger partial charge in [0.05, 0.1) is 17.1 Å². The van der Waals surface area contributed by atoms with Crippen molar-refractivity contribution in [1.82, 2.24) is 15.3 Å². The van der Waals surface area contributed by atoms with E-state index in [1.807, 2.05) is 12.1 Å². The number of fused-ring (bicyclic) bond motifs is 1. The summed E-state index contributed by atoms with van der Waals surface area (Å²) in [5.41, 5.74) is 2.12. The Morgan fingerprint density at radius 3 is 2.74 bits per heavy atom. The number of hydrogen-bond acceptors (Lipinski definition) is 3. The van der Waals surface area contributed by atoms with Crippen molar-refractivity contribution in [3.63, 3.8) is 0 Å². The average molecular weight is 330 g/mol. The Balaban J connectivity index is 1.74. The van der Waals surface area contributed by atoms with Crippen molar-refractivity contribution in [2.45, 2.75) is 19.1 Å². The van der Waals surface area contributed by atoms with Gasteiger partial charge in [-0.3, -0.25) is 4.79 Å². The number of aromatic amines is 1. The van der Waals surface area contributed by atoms with Crippen LogP contribution in [0, 0.1) is 0 Å². The fourth-order valence-electron chi connectivity index (χ4n) is 2.35. The van der Waals surface area contributed by atoms with Gasteiger partial charge >= 0.3 is 0 Å². The van der Waals surface area contributed by atoms with Gasteiger partial charge in [0.25, 0.3) is 5.91 Å². The first kappa shape index (κ1) is 15.5. The Hall–Kier alpha value is -2.37. The number of aromatic nitrogens is 2. The summed E-state index contributed by atoms with van der Waals surface area (Å²) in [6, 6.07) is 13.8. The molecule has 3 aromatic rings. The molecule has 0 aliphatic rings. The van der Waals surface area contributed by atoms with E-state index in [0.29, 0.717) is 16.4 Å². The first-order valence-electron chi connectivity index (χ1n) is 7.23. The molecule has 3 N–H and O–H groups in total. The van der Waals surface area contributed by atoms with Crippen LogP contribution in [-0.4, -0.2) is 21.0 Å². The van der Waals surface area contributed by atoms with E-state index in [-0.39, 0.29) is 6.04 Å². The van der Waals surface area contributed by atoms with Gasteiger partial charge in [-0.25, -0.2) is 4.98 Å². The minimum Gasteiger partial charge on any atom is -0.378 e. The zero-order valence-corrected chi connectivity index (χ0v) is 13.2. The van der Waals surface area contributed by atoms with Crippen molar-refractivity contribution in [1.29, 1.82) is 0 Å². The molecule has 2 atom stereocenters. The number of rotatable bonds is 4. The van der Waals surface area contributed by atoms with Crippen molar-refractivity contribution in [3.05, 3.63) is 64.9 Å². The minimum absolute atomic E-state index is 0.368. The van der Waals surface area contributed by atoms with Crippen LogP contribution in [0.5, 0.6) is 0 Å². The van der Waals surface area contributed by atoms with E-state index in [1.54, 1.807) is 43.3 Å². The highest BCUT2D eigenvalue weighted by Crippen LogP contribution is 2.20. The second kappa shape index (κ2) is 6.40. The number of carbonyl (C=O) groups excluding carboxylic acids is 1. The number of nitrogens with one attached hydrogen (secondary N) is 2. The SMILES string of the molecule is C[C@@H](NC(=O)[C@@H](O)c1ccccc1)c1nc2ccc(Cl)cc2[nH]1. The number of H-pyrrole nitrogens is 1. The maximum Gasteiger partial charge on any atom is 0.254 e. The monoisotopic (exact) mass is 329 g/mol. The van der Waals surface area contributed by atoms with Crippen molar-refractivity contribution >= 4 is 28.5 Å². The third-order valence-electron chi connectivity index (χ3n) is 3.59. The number of benzene rings is 2. The fraction of sp³-hybridized carbons (Fsp3) is 0.176. The maximum absolute atomic E-state index is 12.2. The smallest absolute Gasteiger partial charge is 0.254 e. The molecule has 2 aromatic carbocycles. The summed E-state index contributed by atoms with van der Waals surface area (Å²) in [5, 5.41) is 13.5. The first-order chi connectivity index (χ1) is 11.0. The summed E-state index contributed by atoms with van der Waals surface area (Å²) >= 11 is 5.95. The van der Waals surface area contributed by atoms with Crippen molar-refractivity contribution in [2.24, 2.45) is 0 Å². The van der Waals surface area contributed by atoms with Gasteiger partial charge in [-0.15, -0.1) is 0 Å². The zero-order chi connectivity index (χ0) is 16.4. The Kier molecular flexibility index (Phi) is 4.32. The lowest BCUT2D eigenvalue weighted by Gasteiger charge is -2.15. The van der Waals surface area contributed by atoms with Crippen molar-refractivity contribution in [3.8, 4) is 0 Å². The van der Waals surface area contributed by atoms with E-state index in [4.69, 9.17) is 11.6 Å². The summed E-state index contributed by atoms with van der Waals surface area (Å²) < 4.78 is 0. The standard InChI is InChI=1S/C17H16ClN3O2/c1-10(16-20-13-8-7-12(18)9-14(13)21-16)19-17(23)15(22)11-5-3-2-4-6-11/h2-10,15,22H,1H3,(H,19,23)(H,20,21)/t10-,15+/m1/s1. The van der Waals surface area contributed by atoms with Crippen LogP contribution >= 0.6 is 11.6 Å². The van der Waals surface area contributed by atoms with Crippen LogP contribution in [0.2, 0.25) is 5.02 Å². The summed E-state index contributed by atoms with van der Waals surface area (Å²) in [6.07, 6.45) is -1.21. The predicted octanol–water partition coefficient (Wildman–Crippen LogP) is 3.13. The number of imidazole rings is 1. The maximum atomic E-state index is 12.2. The van der Waals surface area contributed by atoms with E-state index in [1.165, 1.54) is 0 Å². The molecule has 0 radical (unpaired) electrons. The largest absolute Gasteiger partial charge is 0.378 e. The normalized spacial score (nSPS) is 13.7. The van der Waals surface area contributed by atoms with Gasteiger partial charge in [0.2, 0.25) is 0 Å². The molecule has 23 heavy (non-hydrogen) atoms. The lowest BCUT2D eigenvalue weighted by molar-refractivity contribution is -0.130. The highest BCUT2D eigenvalue weighted by molar-refractivity contribution is 6.31. The van der Waals surface area contributed by atoms with Gasteiger partial charge in [0.1, 0.15) is 5.82 Å². The summed E-state index contributed by atoms with van der Waals surface area (Å²) in [5.74, 6) is 0.137. The molecule has 6 heteroatoms. The van der Waals surface area contributed by atoms with Crippen LogP contribution in [0.4, 0.5) is 0 Å². The highest BCUT2D eigenvalue weighted by Gasteiger charge is 2.20. The third kappa shape index (κ3) is 3.36. The molecular formula is C17H16ClN3O2. The number of carbonyl (C=O) groups is 1. The van der Waals surface area contributed by atoms with Crippen LogP contribution in [0.3, 0.4) is 0 Å². The van der Waals surface area contributed by atoms with Crippen LogP contribution in [-0.2, 0) is 4.79 Å². The van der Waals surface area contributed by atoms with Crippen molar-refractivity contribution < 1.29 is 9.90 Å². The molecule has 1 heterocycles. The van der Waals surface area contributed by atoms with E-state index < -0.39 is 12.0 Å². The molecule has 0 bridgehead atoms. The third-order valence-corrected chi connectivity index (χ3v) is 3.83. The van der Waals surface area contributed by atoms with E-state index in [9.17, 15) is 9.90 Å². The Bertz CT molecular complexity index is 832. The molecule has 0 saturated carbocycles. The lowest BCUT2D eigenvalue weighted by Crippen LogP contribution is -2.32. The highest BCUT2D eigenvalue weighted by atomic mass is 35.5. The van der Waals surface area contributed by atoms with Crippen LogP contribution < -0.4 is 5.32 Å². The van der Waals surface area contributed by atoms with Gasteiger partial charge in [-0.1, -0.05) is 41.9 Å². The lowest BCUT2D eigenvalue weighted by atomic mass is 10.1. The molecular weight excluding hydrogens is 314 g/mol. The topological polar surface area (TPSA) is 78.0 Å². The van der Waals surface area contributed by atoms with E-state index in [2.05, 4.69) is 15.3 Å². The fourth-order valence-corrected chi connectivity index (χ4v) is 2.53. The summed E-state index contributed by atoms with van der Waals surface area (Å²) in [6.45, 7) is 1.80. The second-order valence-corrected chi connectivity index (χ2v) is 5.76. The molecule has 0 saturated heterocycles. The Morgan fingerprint density at radius 1 is 1.26 bits per heavy atom. The predicted molar refractivity (Wildman–Crippen MR) is 89.1 cm³/mol. The van der Waals surface area contributed by atoms with Gasteiger partial charge in [-0.05, 0) is 30.7 Å². The molecule has 0 aliphatic heterocycles. The van der Waals surface area contributed by atoms with Gasteiger partial charge in [0.15, 0.2) is 6.10 Å². The van der Waals surface area contributed by atoms with Gasteiger partial charge in [0, 0.05) is 5.02 Å². The molecule has 118 valence electrons. The van der Waals surface area contributed by atoms with Crippen LogP contribution in [0.25, 0.3) is 11.0 Å². The molecule has 3 rings (SSSR count). The molecule has 0 fully saturated rings. The number of aliphatic hydroxyl groups excluding tert-OH is 1. The van der Waals surface area contributed by atoms with Gasteiger partial charge in [-0.2, -0.15) is 0 Å². The zero-order valence-electron chi connectivity index (χ0n) is 12.5. The van der Waals surface area contributed by atoms with E-state index >= 15 is 0 Å². The first-order valence-corrected chi connectivity index (χ1v) is 7.61. The number of hydrogen-bond donors (Lipinski definition) is 3. The van der Waals surface area contributed by atoms with Crippen LogP contribution in [0.15, 0.2) is 48.5 Å². The quantitative estimate of drug-likeness (QED) is 0.688. The molecule has 0 spiro atoms. The average Bonchev–Trinajstić information content (AvgIpc) is 2.98. The molecule has 0 unspecified atom stereocenters. The second-order valence-electron chi connectivity index (χ2n) is 5.33. The van der Waals surface area contributed by atoms with Crippen molar-refractivity contribution in [2.75, 3.05) is 0 Å². The molecule has 5 nitrogen and oxygen atoms in total. The minimum atomic E-state index is -1.21. The summed E-state index contributed by atoms with van der Waals surface area (Å²) in [7, 11) is 0. The Morgan fingerprint density at radius 2 is 2.00 bits per heavy atom. The number of halogens is 1. The van der Waals surface area contributed by atoms with Gasteiger partial charge < -0.3 is 15.4 Å². The number of nitrogens with zero attached hydrogens (tertiary/aromatic N) is 1. The molecule has 1 aromatic heterocycles.